The first-order chi connectivity index (χ1) is 11.1. The number of methoxy groups -OCH3 is 1. The number of benzene rings is 1. The first-order valence-electron chi connectivity index (χ1n) is 8.17. The van der Waals surface area contributed by atoms with Crippen LogP contribution in [-0.2, 0) is 11.3 Å². The summed E-state index contributed by atoms with van der Waals surface area (Å²) in [5, 5.41) is 3.01. The van der Waals surface area contributed by atoms with Crippen molar-refractivity contribution in [1.82, 2.24) is 10.2 Å². The molecule has 3 N–H and O–H groups in total. The van der Waals surface area contributed by atoms with E-state index in [1.807, 2.05) is 12.1 Å². The van der Waals surface area contributed by atoms with Gasteiger partial charge in [0.25, 0.3) is 0 Å². The fraction of sp³-hybridized carbons (Fsp3) is 0.588. The highest BCUT2D eigenvalue weighted by molar-refractivity contribution is 9.10. The number of likely N-dealkylation sites (tertiary alicyclic amines) is 1. The quantitative estimate of drug-likeness (QED) is 0.712. The molecule has 1 aliphatic heterocycles. The van der Waals surface area contributed by atoms with Crippen molar-refractivity contribution in [3.63, 3.8) is 0 Å². The number of piperidine rings is 1. The number of nitrogens with one attached hydrogen (secondary N) is 1. The average molecular weight is 421 g/mol. The summed E-state index contributed by atoms with van der Waals surface area (Å²) in [6, 6.07) is 6.45. The van der Waals surface area contributed by atoms with Crippen molar-refractivity contribution < 1.29 is 9.53 Å². The molecular weight excluding hydrogens is 394 g/mol. The summed E-state index contributed by atoms with van der Waals surface area (Å²) in [7, 11) is 1.70. The first-order valence-corrected chi connectivity index (χ1v) is 8.96. The van der Waals surface area contributed by atoms with E-state index in [9.17, 15) is 4.79 Å². The van der Waals surface area contributed by atoms with Gasteiger partial charge in [-0.1, -0.05) is 22.4 Å². The summed E-state index contributed by atoms with van der Waals surface area (Å²) in [6.07, 6.45) is 3.92. The molecule has 1 aromatic rings. The molecule has 1 heterocycles. The van der Waals surface area contributed by atoms with Crippen molar-refractivity contribution in [2.45, 2.75) is 38.3 Å². The largest absolute Gasteiger partial charge is 0.496 e. The highest BCUT2D eigenvalue weighted by atomic mass is 79.9. The van der Waals surface area contributed by atoms with Crippen molar-refractivity contribution in [2.75, 3.05) is 26.7 Å². The van der Waals surface area contributed by atoms with Gasteiger partial charge in [-0.15, -0.1) is 12.4 Å². The van der Waals surface area contributed by atoms with Crippen LogP contribution in [0.25, 0.3) is 0 Å². The Hall–Kier alpha value is -0.820. The smallest absolute Gasteiger partial charge is 0.221 e. The molecule has 5 nitrogen and oxygen atoms in total. The molecule has 24 heavy (non-hydrogen) atoms. The van der Waals surface area contributed by atoms with E-state index in [2.05, 4.69) is 32.2 Å². The lowest BCUT2D eigenvalue weighted by Crippen LogP contribution is -2.46. The molecule has 1 atom stereocenters. The van der Waals surface area contributed by atoms with Crippen molar-refractivity contribution >= 4 is 34.2 Å². The zero-order valence-electron chi connectivity index (χ0n) is 14.1. The molecule has 1 saturated heterocycles. The number of hydrogen-bond acceptors (Lipinski definition) is 4. The van der Waals surface area contributed by atoms with E-state index in [-0.39, 0.29) is 18.3 Å². The molecule has 2 rings (SSSR count). The van der Waals surface area contributed by atoms with Crippen molar-refractivity contribution in [3.05, 3.63) is 28.2 Å². The zero-order chi connectivity index (χ0) is 16.7. The molecule has 0 aliphatic carbocycles. The Labute approximate surface area is 158 Å². The van der Waals surface area contributed by atoms with Gasteiger partial charge in [0.05, 0.1) is 7.11 Å². The van der Waals surface area contributed by atoms with Crippen LogP contribution in [0.4, 0.5) is 0 Å². The van der Waals surface area contributed by atoms with Gasteiger partial charge in [0.15, 0.2) is 0 Å². The number of hydrogen-bond donors (Lipinski definition) is 2. The predicted octanol–water partition coefficient (Wildman–Crippen LogP) is 2.70. The standard InChI is InChI=1S/C17H26BrN3O2.ClH/c1-23-16-6-5-14(18)10-13(16)12-21-9-3-2-4-15(21)11-20-17(22)7-8-19;/h5-6,10,15H,2-4,7-9,11-12,19H2,1H3,(H,20,22);1H. The Morgan fingerprint density at radius 2 is 2.25 bits per heavy atom. The lowest BCUT2D eigenvalue weighted by atomic mass is 10.0. The van der Waals surface area contributed by atoms with Crippen LogP contribution in [-0.4, -0.2) is 43.6 Å². The fourth-order valence-electron chi connectivity index (χ4n) is 3.04. The van der Waals surface area contributed by atoms with Crippen molar-refractivity contribution in [2.24, 2.45) is 5.73 Å². The molecule has 0 bridgehead atoms. The molecular formula is C17H27BrClN3O2. The maximum atomic E-state index is 11.7. The minimum atomic E-state index is 0. The number of halogens is 2. The second kappa shape index (κ2) is 10.9. The van der Waals surface area contributed by atoms with Crippen LogP contribution in [0.2, 0.25) is 0 Å². The normalized spacial score (nSPS) is 17.9. The van der Waals surface area contributed by atoms with Crippen LogP contribution in [0.5, 0.6) is 5.75 Å². The van der Waals surface area contributed by atoms with E-state index in [1.54, 1.807) is 7.11 Å². The van der Waals surface area contributed by atoms with Gasteiger partial charge < -0.3 is 15.8 Å². The number of nitrogens with two attached hydrogens (primary N) is 1. The fourth-order valence-corrected chi connectivity index (χ4v) is 3.45. The summed E-state index contributed by atoms with van der Waals surface area (Å²) >= 11 is 3.53. The van der Waals surface area contributed by atoms with Crippen LogP contribution in [0.3, 0.4) is 0 Å². The molecule has 136 valence electrons. The summed E-state index contributed by atoms with van der Waals surface area (Å²) in [4.78, 5) is 14.1. The van der Waals surface area contributed by atoms with E-state index >= 15 is 0 Å². The zero-order valence-corrected chi connectivity index (χ0v) is 16.5. The summed E-state index contributed by atoms with van der Waals surface area (Å²) < 4.78 is 6.53. The van der Waals surface area contributed by atoms with Gasteiger partial charge in [-0.3, -0.25) is 9.69 Å². The minimum absolute atomic E-state index is 0. The van der Waals surface area contributed by atoms with E-state index < -0.39 is 0 Å². The monoisotopic (exact) mass is 419 g/mol. The topological polar surface area (TPSA) is 67.6 Å². The third-order valence-corrected chi connectivity index (χ3v) is 4.76. The SMILES string of the molecule is COc1ccc(Br)cc1CN1CCCCC1CNC(=O)CCN.Cl. The number of rotatable bonds is 7. The molecule has 1 aromatic carbocycles. The van der Waals surface area contributed by atoms with Crippen molar-refractivity contribution in [1.29, 1.82) is 0 Å². The van der Waals surface area contributed by atoms with Gasteiger partial charge in [0.1, 0.15) is 5.75 Å². The number of carbonyl (C=O) groups excluding carboxylic acids is 1. The second-order valence-electron chi connectivity index (χ2n) is 5.92. The van der Waals surface area contributed by atoms with Gasteiger partial charge in [0.2, 0.25) is 5.91 Å². The lowest BCUT2D eigenvalue weighted by molar-refractivity contribution is -0.121. The van der Waals surface area contributed by atoms with E-state index in [1.165, 1.54) is 18.4 Å². The molecule has 1 fully saturated rings. The van der Waals surface area contributed by atoms with Crippen LogP contribution >= 0.6 is 28.3 Å². The Bertz CT molecular complexity index is 531. The number of amides is 1. The van der Waals surface area contributed by atoms with Crippen molar-refractivity contribution in [3.8, 4) is 5.75 Å². The number of nitrogens with zero attached hydrogens (tertiary/aromatic N) is 1. The van der Waals surface area contributed by atoms with E-state index in [4.69, 9.17) is 10.5 Å². The summed E-state index contributed by atoms with van der Waals surface area (Å²) in [5.74, 6) is 0.947. The van der Waals surface area contributed by atoms with Gasteiger partial charge in [-0.25, -0.2) is 0 Å². The Kier molecular flexibility index (Phi) is 9.66. The summed E-state index contributed by atoms with van der Waals surface area (Å²) in [5.41, 5.74) is 6.59. The molecule has 0 saturated carbocycles. The predicted molar refractivity (Wildman–Crippen MR) is 103 cm³/mol. The highest BCUT2D eigenvalue weighted by Crippen LogP contribution is 2.27. The average Bonchev–Trinajstić information content (AvgIpc) is 2.54. The van der Waals surface area contributed by atoms with Crippen LogP contribution in [0.1, 0.15) is 31.2 Å². The van der Waals surface area contributed by atoms with Gasteiger partial charge in [-0.2, -0.15) is 0 Å². The van der Waals surface area contributed by atoms with Crippen LogP contribution in [0, 0.1) is 0 Å². The number of ether oxygens (including phenoxy) is 1. The van der Waals surface area contributed by atoms with Crippen LogP contribution < -0.4 is 15.8 Å². The maximum Gasteiger partial charge on any atom is 0.221 e. The lowest BCUT2D eigenvalue weighted by Gasteiger charge is -2.36. The third-order valence-electron chi connectivity index (χ3n) is 4.27. The molecule has 7 heteroatoms. The third kappa shape index (κ3) is 6.24. The molecule has 0 aromatic heterocycles. The summed E-state index contributed by atoms with van der Waals surface area (Å²) in [6.45, 7) is 2.97. The molecule has 1 amide bonds. The van der Waals surface area contributed by atoms with Gasteiger partial charge in [-0.05, 0) is 37.6 Å². The molecule has 1 unspecified atom stereocenters. The Morgan fingerprint density at radius 3 is 2.96 bits per heavy atom. The minimum Gasteiger partial charge on any atom is -0.496 e. The highest BCUT2D eigenvalue weighted by Gasteiger charge is 2.23. The van der Waals surface area contributed by atoms with E-state index in [0.29, 0.717) is 25.6 Å². The van der Waals surface area contributed by atoms with E-state index in [0.717, 1.165) is 29.7 Å². The maximum absolute atomic E-state index is 11.7. The Balaban J connectivity index is 0.00000288. The molecule has 0 radical (unpaired) electrons. The Morgan fingerprint density at radius 1 is 1.46 bits per heavy atom. The van der Waals surface area contributed by atoms with Crippen LogP contribution in [0.15, 0.2) is 22.7 Å². The number of carbonyl (C=O) groups is 1. The second-order valence-corrected chi connectivity index (χ2v) is 6.83. The molecule has 0 spiro atoms. The van der Waals surface area contributed by atoms with Gasteiger partial charge in [0, 0.05) is 42.1 Å². The first kappa shape index (κ1) is 21.2. The molecule has 1 aliphatic rings. The van der Waals surface area contributed by atoms with Gasteiger partial charge >= 0.3 is 0 Å².